The van der Waals surface area contributed by atoms with Gasteiger partial charge in [0.15, 0.2) is 0 Å². The van der Waals surface area contributed by atoms with Crippen LogP contribution >= 0.6 is 0 Å². The molecule has 2 rings (SSSR count). The highest BCUT2D eigenvalue weighted by molar-refractivity contribution is 5.86. The first-order valence-corrected chi connectivity index (χ1v) is 5.54. The zero-order valence-electron chi connectivity index (χ0n) is 9.36. The highest BCUT2D eigenvalue weighted by Crippen LogP contribution is 2.18. The van der Waals surface area contributed by atoms with E-state index in [1.54, 1.807) is 6.07 Å². The minimum absolute atomic E-state index is 0.187. The number of hydrogen-bond acceptors (Lipinski definition) is 5. The Balaban J connectivity index is 1.94. The van der Waals surface area contributed by atoms with E-state index in [9.17, 15) is 4.79 Å². The second kappa shape index (κ2) is 5.12. The predicted octanol–water partition coefficient (Wildman–Crippen LogP) is 1.00. The van der Waals surface area contributed by atoms with Crippen LogP contribution in [0.3, 0.4) is 0 Å². The van der Waals surface area contributed by atoms with Gasteiger partial charge in [0.2, 0.25) is 5.76 Å². The number of rotatable bonds is 3. The van der Waals surface area contributed by atoms with Crippen molar-refractivity contribution in [1.29, 1.82) is 0 Å². The fourth-order valence-electron chi connectivity index (χ4n) is 1.99. The smallest absolute Gasteiger partial charge is 0.376 e. The number of nitrogens with zero attached hydrogens (tertiary/aromatic N) is 1. The van der Waals surface area contributed by atoms with E-state index in [0.717, 1.165) is 38.0 Å². The van der Waals surface area contributed by atoms with E-state index < -0.39 is 5.97 Å². The van der Waals surface area contributed by atoms with Crippen molar-refractivity contribution in [2.24, 2.45) is 5.92 Å². The number of carbonyl (C=O) groups is 1. The predicted molar refractivity (Wildman–Crippen MR) is 57.1 cm³/mol. The number of ether oxygens (including phenoxy) is 1. The Labute approximate surface area is 94.1 Å². The molecule has 5 nitrogen and oxygen atoms in total. The molecule has 5 heteroatoms. The van der Waals surface area contributed by atoms with E-state index in [4.69, 9.17) is 4.52 Å². The van der Waals surface area contributed by atoms with Crippen LogP contribution in [0.1, 0.15) is 29.1 Å². The van der Waals surface area contributed by atoms with E-state index in [1.165, 1.54) is 7.11 Å². The zero-order valence-corrected chi connectivity index (χ0v) is 9.36. The van der Waals surface area contributed by atoms with Gasteiger partial charge >= 0.3 is 5.97 Å². The molecule has 16 heavy (non-hydrogen) atoms. The molecular weight excluding hydrogens is 208 g/mol. The molecule has 88 valence electrons. The minimum Gasteiger partial charge on any atom is -0.463 e. The first kappa shape index (κ1) is 11.1. The third-order valence-corrected chi connectivity index (χ3v) is 2.90. The van der Waals surface area contributed by atoms with Gasteiger partial charge in [-0.1, -0.05) is 5.16 Å². The lowest BCUT2D eigenvalue weighted by Gasteiger charge is -2.21. The van der Waals surface area contributed by atoms with Crippen LogP contribution in [0.5, 0.6) is 0 Å². The lowest BCUT2D eigenvalue weighted by Crippen LogP contribution is -2.28. The van der Waals surface area contributed by atoms with Gasteiger partial charge in [-0.3, -0.25) is 0 Å². The molecule has 1 N–H and O–H groups in total. The van der Waals surface area contributed by atoms with Crippen molar-refractivity contribution in [3.8, 4) is 0 Å². The van der Waals surface area contributed by atoms with Gasteiger partial charge in [0.05, 0.1) is 12.8 Å². The first-order valence-electron chi connectivity index (χ1n) is 5.54. The zero-order chi connectivity index (χ0) is 11.4. The summed E-state index contributed by atoms with van der Waals surface area (Å²) in [4.78, 5) is 11.2. The highest BCUT2D eigenvalue weighted by atomic mass is 16.5. The second-order valence-corrected chi connectivity index (χ2v) is 4.07. The summed E-state index contributed by atoms with van der Waals surface area (Å²) in [5, 5.41) is 7.20. The van der Waals surface area contributed by atoms with Gasteiger partial charge in [0, 0.05) is 6.07 Å². The van der Waals surface area contributed by atoms with E-state index in [1.807, 2.05) is 0 Å². The topological polar surface area (TPSA) is 64.4 Å². The van der Waals surface area contributed by atoms with Crippen LogP contribution in [0.2, 0.25) is 0 Å². The normalized spacial score (nSPS) is 17.3. The number of nitrogens with one attached hydrogen (secondary N) is 1. The minimum atomic E-state index is -0.468. The number of hydrogen-bond donors (Lipinski definition) is 1. The molecule has 0 bridgehead atoms. The Bertz CT molecular complexity index is 356. The van der Waals surface area contributed by atoms with Gasteiger partial charge in [-0.25, -0.2) is 4.79 Å². The summed E-state index contributed by atoms with van der Waals surface area (Å²) >= 11 is 0. The second-order valence-electron chi connectivity index (χ2n) is 4.07. The van der Waals surface area contributed by atoms with E-state index >= 15 is 0 Å². The molecule has 1 aliphatic heterocycles. The monoisotopic (exact) mass is 224 g/mol. The molecule has 0 unspecified atom stereocenters. The van der Waals surface area contributed by atoms with Crippen LogP contribution in [-0.4, -0.2) is 31.3 Å². The Kier molecular flexibility index (Phi) is 3.56. The van der Waals surface area contributed by atoms with Crippen LogP contribution in [0.15, 0.2) is 10.6 Å². The van der Waals surface area contributed by atoms with Crippen molar-refractivity contribution in [1.82, 2.24) is 10.5 Å². The van der Waals surface area contributed by atoms with Gasteiger partial charge in [-0.2, -0.15) is 0 Å². The molecule has 0 radical (unpaired) electrons. The Morgan fingerprint density at radius 3 is 3.06 bits per heavy atom. The van der Waals surface area contributed by atoms with E-state index in [0.29, 0.717) is 5.92 Å². The largest absolute Gasteiger partial charge is 0.463 e. The van der Waals surface area contributed by atoms with Crippen molar-refractivity contribution in [2.45, 2.75) is 19.3 Å². The van der Waals surface area contributed by atoms with Crippen molar-refractivity contribution in [3.05, 3.63) is 17.5 Å². The van der Waals surface area contributed by atoms with Crippen LogP contribution in [0.4, 0.5) is 0 Å². The van der Waals surface area contributed by atoms with Crippen LogP contribution in [0.25, 0.3) is 0 Å². The Morgan fingerprint density at radius 1 is 1.62 bits per heavy atom. The van der Waals surface area contributed by atoms with E-state index in [2.05, 4.69) is 15.2 Å². The van der Waals surface area contributed by atoms with Crippen molar-refractivity contribution >= 4 is 5.97 Å². The standard InChI is InChI=1S/C11H16N2O3/c1-15-11(14)10-7-9(13-16-10)6-8-2-4-12-5-3-8/h7-8,12H,2-6H2,1H3. The molecular formula is C11H16N2O3. The SMILES string of the molecule is COC(=O)c1cc(CC2CCNCC2)no1. The lowest BCUT2D eigenvalue weighted by molar-refractivity contribution is 0.0554. The molecule has 0 atom stereocenters. The summed E-state index contributed by atoms with van der Waals surface area (Å²) in [7, 11) is 1.33. The van der Waals surface area contributed by atoms with Crippen LogP contribution in [0, 0.1) is 5.92 Å². The molecule has 1 aliphatic rings. The first-order chi connectivity index (χ1) is 7.79. The molecule has 0 saturated carbocycles. The average molecular weight is 224 g/mol. The van der Waals surface area contributed by atoms with Crippen molar-refractivity contribution in [3.63, 3.8) is 0 Å². The molecule has 0 aromatic carbocycles. The van der Waals surface area contributed by atoms with Crippen molar-refractivity contribution < 1.29 is 14.1 Å². The summed E-state index contributed by atoms with van der Waals surface area (Å²) in [5.41, 5.74) is 0.840. The summed E-state index contributed by atoms with van der Waals surface area (Å²) < 4.78 is 9.48. The number of piperidine rings is 1. The molecule has 1 aromatic heterocycles. The number of esters is 1. The summed E-state index contributed by atoms with van der Waals surface area (Å²) in [6, 6.07) is 1.67. The molecule has 1 aromatic rings. The quantitative estimate of drug-likeness (QED) is 0.776. The summed E-state index contributed by atoms with van der Waals surface area (Å²) in [6.07, 6.45) is 3.18. The van der Waals surface area contributed by atoms with Crippen LogP contribution < -0.4 is 5.32 Å². The maximum absolute atomic E-state index is 11.2. The Morgan fingerprint density at radius 2 is 2.38 bits per heavy atom. The molecule has 1 fully saturated rings. The third kappa shape index (κ3) is 2.61. The summed E-state index contributed by atoms with van der Waals surface area (Å²) in [6.45, 7) is 2.12. The average Bonchev–Trinajstić information content (AvgIpc) is 2.78. The molecule has 1 saturated heterocycles. The van der Waals surface area contributed by atoms with Crippen molar-refractivity contribution in [2.75, 3.05) is 20.2 Å². The third-order valence-electron chi connectivity index (χ3n) is 2.90. The molecule has 0 spiro atoms. The Hall–Kier alpha value is -1.36. The van der Waals surface area contributed by atoms with Gasteiger partial charge in [-0.15, -0.1) is 0 Å². The molecule has 0 aliphatic carbocycles. The van der Waals surface area contributed by atoms with Gasteiger partial charge in [-0.05, 0) is 38.3 Å². The number of methoxy groups -OCH3 is 1. The number of carbonyl (C=O) groups excluding carboxylic acids is 1. The fraction of sp³-hybridized carbons (Fsp3) is 0.636. The maximum atomic E-state index is 11.2. The van der Waals surface area contributed by atoms with Gasteiger partial charge < -0.3 is 14.6 Å². The van der Waals surface area contributed by atoms with E-state index in [-0.39, 0.29) is 5.76 Å². The highest BCUT2D eigenvalue weighted by Gasteiger charge is 2.18. The molecule has 2 heterocycles. The lowest BCUT2D eigenvalue weighted by atomic mass is 9.93. The van der Waals surface area contributed by atoms with Gasteiger partial charge in [0.25, 0.3) is 0 Å². The fourth-order valence-corrected chi connectivity index (χ4v) is 1.99. The van der Waals surface area contributed by atoms with Crippen LogP contribution in [-0.2, 0) is 11.2 Å². The van der Waals surface area contributed by atoms with Gasteiger partial charge in [0.1, 0.15) is 0 Å². The number of aromatic nitrogens is 1. The summed E-state index contributed by atoms with van der Waals surface area (Å²) in [5.74, 6) is 0.354. The maximum Gasteiger partial charge on any atom is 0.376 e. The molecule has 0 amide bonds.